The lowest BCUT2D eigenvalue weighted by Gasteiger charge is -2.32. The summed E-state index contributed by atoms with van der Waals surface area (Å²) in [6.45, 7) is 6.48. The van der Waals surface area contributed by atoms with Gasteiger partial charge in [0.25, 0.3) is 5.91 Å². The molecule has 0 aliphatic carbocycles. The molecule has 1 unspecified atom stereocenters. The highest BCUT2D eigenvalue weighted by Gasteiger charge is 2.20. The van der Waals surface area contributed by atoms with Crippen LogP contribution in [0.2, 0.25) is 0 Å². The van der Waals surface area contributed by atoms with Crippen LogP contribution in [-0.4, -0.2) is 36.1 Å². The first kappa shape index (κ1) is 18.2. The highest BCUT2D eigenvalue weighted by atomic mass is 16.5. The fourth-order valence-corrected chi connectivity index (χ4v) is 3.24. The number of aromatic nitrogens is 2. The summed E-state index contributed by atoms with van der Waals surface area (Å²) in [5, 5.41) is 2.93. The van der Waals surface area contributed by atoms with E-state index in [0.717, 1.165) is 36.6 Å². The molecule has 0 bridgehead atoms. The van der Waals surface area contributed by atoms with Gasteiger partial charge in [0.15, 0.2) is 0 Å². The number of carbonyl (C=O) groups is 1. The van der Waals surface area contributed by atoms with Crippen molar-refractivity contribution in [1.82, 2.24) is 15.3 Å². The monoisotopic (exact) mass is 354 g/mol. The summed E-state index contributed by atoms with van der Waals surface area (Å²) in [5.74, 6) is 2.73. The molecule has 1 amide bonds. The maximum Gasteiger partial charge on any atom is 0.270 e. The Hall–Kier alpha value is -2.63. The second kappa shape index (κ2) is 8.17. The maximum absolute atomic E-state index is 12.5. The van der Waals surface area contributed by atoms with Gasteiger partial charge >= 0.3 is 0 Å². The number of piperidine rings is 1. The van der Waals surface area contributed by atoms with Crippen LogP contribution in [0.4, 0.5) is 5.82 Å². The van der Waals surface area contributed by atoms with E-state index in [1.165, 1.54) is 6.42 Å². The Balaban J connectivity index is 1.68. The van der Waals surface area contributed by atoms with Crippen LogP contribution < -0.4 is 15.0 Å². The van der Waals surface area contributed by atoms with E-state index in [0.29, 0.717) is 24.0 Å². The van der Waals surface area contributed by atoms with Crippen LogP contribution in [0.5, 0.6) is 5.75 Å². The largest absolute Gasteiger partial charge is 0.497 e. The van der Waals surface area contributed by atoms with Gasteiger partial charge in [-0.2, -0.15) is 0 Å². The zero-order valence-corrected chi connectivity index (χ0v) is 15.7. The number of methoxy groups -OCH3 is 1. The normalized spacial score (nSPS) is 17.0. The number of rotatable bonds is 5. The van der Waals surface area contributed by atoms with Crippen molar-refractivity contribution in [2.75, 3.05) is 25.1 Å². The predicted molar refractivity (Wildman–Crippen MR) is 102 cm³/mol. The third kappa shape index (κ3) is 4.50. The molecule has 0 saturated carbocycles. The zero-order valence-electron chi connectivity index (χ0n) is 15.7. The zero-order chi connectivity index (χ0) is 18.5. The van der Waals surface area contributed by atoms with E-state index in [9.17, 15) is 4.79 Å². The van der Waals surface area contributed by atoms with Gasteiger partial charge in [0.1, 0.15) is 23.1 Å². The van der Waals surface area contributed by atoms with Gasteiger partial charge in [-0.25, -0.2) is 9.97 Å². The summed E-state index contributed by atoms with van der Waals surface area (Å²) in [4.78, 5) is 23.7. The number of amides is 1. The SMILES string of the molecule is COc1ccc(CNC(=O)c2cc(N3CCCC(C)C3)nc(C)n2)cc1. The Kier molecular flexibility index (Phi) is 5.71. The van der Waals surface area contributed by atoms with E-state index in [4.69, 9.17) is 4.74 Å². The standard InChI is InChI=1S/C20H26N4O2/c1-14-5-4-10-24(13-14)19-11-18(22-15(2)23-19)20(25)21-12-16-6-8-17(26-3)9-7-16/h6-9,11,14H,4-5,10,12-13H2,1-3H3,(H,21,25). The number of aryl methyl sites for hydroxylation is 1. The highest BCUT2D eigenvalue weighted by Crippen LogP contribution is 2.22. The number of hydrogen-bond donors (Lipinski definition) is 1. The van der Waals surface area contributed by atoms with Crippen molar-refractivity contribution in [3.8, 4) is 5.75 Å². The number of hydrogen-bond acceptors (Lipinski definition) is 5. The molecular formula is C20H26N4O2. The number of carbonyl (C=O) groups excluding carboxylic acids is 1. The second-order valence-electron chi connectivity index (χ2n) is 6.88. The van der Waals surface area contributed by atoms with Crippen LogP contribution in [0.3, 0.4) is 0 Å². The summed E-state index contributed by atoms with van der Waals surface area (Å²) in [5.41, 5.74) is 1.43. The predicted octanol–water partition coefficient (Wildman–Crippen LogP) is 2.96. The minimum Gasteiger partial charge on any atom is -0.497 e. The molecule has 1 aromatic carbocycles. The van der Waals surface area contributed by atoms with E-state index in [2.05, 4.69) is 27.1 Å². The number of ether oxygens (including phenoxy) is 1. The van der Waals surface area contributed by atoms with Crippen molar-refractivity contribution >= 4 is 11.7 Å². The first-order valence-corrected chi connectivity index (χ1v) is 9.07. The third-order valence-electron chi connectivity index (χ3n) is 4.65. The van der Waals surface area contributed by atoms with Gasteiger partial charge in [0.05, 0.1) is 7.11 Å². The first-order chi connectivity index (χ1) is 12.5. The molecule has 0 spiro atoms. The quantitative estimate of drug-likeness (QED) is 0.894. The van der Waals surface area contributed by atoms with Gasteiger partial charge in [0, 0.05) is 25.7 Å². The van der Waals surface area contributed by atoms with E-state index in [1.807, 2.05) is 31.2 Å². The molecule has 1 fully saturated rings. The number of benzene rings is 1. The summed E-state index contributed by atoms with van der Waals surface area (Å²) >= 11 is 0. The minimum absolute atomic E-state index is 0.183. The lowest BCUT2D eigenvalue weighted by molar-refractivity contribution is 0.0945. The molecule has 2 aromatic rings. The van der Waals surface area contributed by atoms with Gasteiger partial charge in [-0.05, 0) is 43.4 Å². The summed E-state index contributed by atoms with van der Waals surface area (Å²) in [6, 6.07) is 9.43. The van der Waals surface area contributed by atoms with E-state index < -0.39 is 0 Å². The molecule has 1 saturated heterocycles. The van der Waals surface area contributed by atoms with Crippen molar-refractivity contribution in [1.29, 1.82) is 0 Å². The summed E-state index contributed by atoms with van der Waals surface area (Å²) in [6.07, 6.45) is 2.40. The van der Waals surface area contributed by atoms with Crippen molar-refractivity contribution in [3.63, 3.8) is 0 Å². The molecule has 6 heteroatoms. The number of anilines is 1. The molecule has 1 aromatic heterocycles. The van der Waals surface area contributed by atoms with Gasteiger partial charge in [0.2, 0.25) is 0 Å². The molecular weight excluding hydrogens is 328 g/mol. The Morgan fingerprint density at radius 1 is 1.31 bits per heavy atom. The van der Waals surface area contributed by atoms with Gasteiger partial charge in [-0.15, -0.1) is 0 Å². The van der Waals surface area contributed by atoms with Crippen LogP contribution in [-0.2, 0) is 6.54 Å². The van der Waals surface area contributed by atoms with Crippen LogP contribution >= 0.6 is 0 Å². The van der Waals surface area contributed by atoms with E-state index >= 15 is 0 Å². The van der Waals surface area contributed by atoms with Gasteiger partial charge in [-0.1, -0.05) is 19.1 Å². The second-order valence-corrected chi connectivity index (χ2v) is 6.88. The highest BCUT2D eigenvalue weighted by molar-refractivity contribution is 5.92. The van der Waals surface area contributed by atoms with Crippen LogP contribution in [0, 0.1) is 12.8 Å². The number of nitrogens with one attached hydrogen (secondary N) is 1. The van der Waals surface area contributed by atoms with Crippen LogP contribution in [0.25, 0.3) is 0 Å². The van der Waals surface area contributed by atoms with Crippen molar-refractivity contribution in [2.45, 2.75) is 33.2 Å². The minimum atomic E-state index is -0.183. The maximum atomic E-state index is 12.5. The van der Waals surface area contributed by atoms with Crippen molar-refractivity contribution < 1.29 is 9.53 Å². The van der Waals surface area contributed by atoms with Gasteiger partial charge in [-0.3, -0.25) is 4.79 Å². The Morgan fingerprint density at radius 3 is 2.77 bits per heavy atom. The Labute approximate surface area is 154 Å². The molecule has 3 rings (SSSR count). The molecule has 1 aliphatic heterocycles. The van der Waals surface area contributed by atoms with E-state index in [1.54, 1.807) is 13.2 Å². The Bertz CT molecular complexity index is 761. The average Bonchev–Trinajstić information content (AvgIpc) is 2.66. The molecule has 1 aliphatic rings. The topological polar surface area (TPSA) is 67.3 Å². The molecule has 138 valence electrons. The summed E-state index contributed by atoms with van der Waals surface area (Å²) < 4.78 is 5.15. The third-order valence-corrected chi connectivity index (χ3v) is 4.65. The molecule has 1 N–H and O–H groups in total. The molecule has 2 heterocycles. The first-order valence-electron chi connectivity index (χ1n) is 9.07. The van der Waals surface area contributed by atoms with Gasteiger partial charge < -0.3 is 15.0 Å². The number of nitrogens with zero attached hydrogens (tertiary/aromatic N) is 3. The van der Waals surface area contributed by atoms with E-state index in [-0.39, 0.29) is 5.91 Å². The lowest BCUT2D eigenvalue weighted by Crippen LogP contribution is -2.35. The Morgan fingerprint density at radius 2 is 2.08 bits per heavy atom. The molecule has 0 radical (unpaired) electrons. The van der Waals surface area contributed by atoms with Crippen molar-refractivity contribution in [3.05, 3.63) is 47.4 Å². The lowest BCUT2D eigenvalue weighted by atomic mass is 10.0. The molecule has 26 heavy (non-hydrogen) atoms. The smallest absolute Gasteiger partial charge is 0.270 e. The fourth-order valence-electron chi connectivity index (χ4n) is 3.24. The average molecular weight is 354 g/mol. The van der Waals surface area contributed by atoms with Crippen molar-refractivity contribution in [2.24, 2.45) is 5.92 Å². The molecule has 6 nitrogen and oxygen atoms in total. The molecule has 1 atom stereocenters. The summed E-state index contributed by atoms with van der Waals surface area (Å²) in [7, 11) is 1.63. The van der Waals surface area contributed by atoms with Crippen LogP contribution in [0.15, 0.2) is 30.3 Å². The van der Waals surface area contributed by atoms with Crippen LogP contribution in [0.1, 0.15) is 41.6 Å². The fraction of sp³-hybridized carbons (Fsp3) is 0.450.